The Bertz CT molecular complexity index is 1340. The third-order valence-electron chi connectivity index (χ3n) is 5.66. The summed E-state index contributed by atoms with van der Waals surface area (Å²) in [5.41, 5.74) is 1.05. The second-order valence-electron chi connectivity index (χ2n) is 7.56. The predicted molar refractivity (Wildman–Crippen MR) is 118 cm³/mol. The first-order valence-electron chi connectivity index (χ1n) is 10.2. The molecule has 1 saturated carbocycles. The Labute approximate surface area is 176 Å². The molecular weight excluding hydrogens is 398 g/mol. The number of fused-ring (bicyclic) bond motifs is 2. The molecule has 0 unspecified atom stereocenters. The summed E-state index contributed by atoms with van der Waals surface area (Å²) in [6.07, 6.45) is 5.39. The molecule has 2 heterocycles. The van der Waals surface area contributed by atoms with Crippen LogP contribution in [0.25, 0.3) is 21.8 Å². The Morgan fingerprint density at radius 1 is 0.867 bits per heavy atom. The zero-order valence-corrected chi connectivity index (χ0v) is 17.2. The molecule has 0 spiro atoms. The van der Waals surface area contributed by atoms with Gasteiger partial charge in [0.05, 0.1) is 22.2 Å². The summed E-state index contributed by atoms with van der Waals surface area (Å²) in [6.45, 7) is 0. The Hall–Kier alpha value is -3.00. The molecule has 0 saturated heterocycles. The molecule has 1 aliphatic carbocycles. The Morgan fingerprint density at radius 3 is 2.30 bits per heavy atom. The molecule has 0 radical (unpaired) electrons. The predicted octanol–water partition coefficient (Wildman–Crippen LogP) is 3.76. The Kier molecular flexibility index (Phi) is 5.08. The summed E-state index contributed by atoms with van der Waals surface area (Å²) in [5, 5.41) is 10.0. The van der Waals surface area contributed by atoms with E-state index in [1.807, 2.05) is 41.0 Å². The van der Waals surface area contributed by atoms with Crippen LogP contribution in [0.2, 0.25) is 0 Å². The van der Waals surface area contributed by atoms with Gasteiger partial charge in [0, 0.05) is 6.04 Å². The summed E-state index contributed by atoms with van der Waals surface area (Å²) < 4.78 is 3.17. The standard InChI is InChI=1S/C22H21N5O2S/c28-20-17-11-5-7-13-19(17)24-25-26(20)14-30-22-23-18-12-6-4-10-16(18)21(29)27(22)15-8-2-1-3-9-15/h4-7,10-13,15H,1-3,8-9,14H2. The van der Waals surface area contributed by atoms with Gasteiger partial charge in [0.15, 0.2) is 5.16 Å². The van der Waals surface area contributed by atoms with Gasteiger partial charge in [-0.25, -0.2) is 4.98 Å². The molecule has 1 aliphatic rings. The molecule has 1 fully saturated rings. The summed E-state index contributed by atoms with van der Waals surface area (Å²) in [6, 6.07) is 14.7. The van der Waals surface area contributed by atoms with E-state index in [2.05, 4.69) is 10.3 Å². The van der Waals surface area contributed by atoms with Gasteiger partial charge in [-0.15, -0.1) is 5.10 Å². The van der Waals surface area contributed by atoms with Gasteiger partial charge in [-0.2, -0.15) is 4.68 Å². The van der Waals surface area contributed by atoms with Crippen molar-refractivity contribution in [2.24, 2.45) is 0 Å². The highest BCUT2D eigenvalue weighted by Gasteiger charge is 2.22. The summed E-state index contributed by atoms with van der Waals surface area (Å²) in [5.74, 6) is 0.244. The van der Waals surface area contributed by atoms with Gasteiger partial charge in [-0.05, 0) is 37.1 Å². The van der Waals surface area contributed by atoms with Crippen molar-refractivity contribution in [3.05, 3.63) is 69.2 Å². The normalized spacial score (nSPS) is 15.1. The molecule has 8 heteroatoms. The number of aromatic nitrogens is 5. The highest BCUT2D eigenvalue weighted by molar-refractivity contribution is 7.98. The average molecular weight is 420 g/mol. The lowest BCUT2D eigenvalue weighted by molar-refractivity contribution is 0.326. The van der Waals surface area contributed by atoms with E-state index in [0.29, 0.717) is 27.0 Å². The van der Waals surface area contributed by atoms with Crippen LogP contribution in [0.4, 0.5) is 0 Å². The van der Waals surface area contributed by atoms with Crippen LogP contribution in [0, 0.1) is 0 Å². The summed E-state index contributed by atoms with van der Waals surface area (Å²) in [4.78, 5) is 30.9. The van der Waals surface area contributed by atoms with E-state index in [9.17, 15) is 9.59 Å². The van der Waals surface area contributed by atoms with Gasteiger partial charge < -0.3 is 0 Å². The van der Waals surface area contributed by atoms with Crippen LogP contribution in [-0.2, 0) is 5.88 Å². The first-order chi connectivity index (χ1) is 14.7. The first-order valence-corrected chi connectivity index (χ1v) is 11.2. The maximum atomic E-state index is 13.3. The molecular formula is C22H21N5O2S. The lowest BCUT2D eigenvalue weighted by Crippen LogP contribution is -2.29. The fourth-order valence-corrected chi connectivity index (χ4v) is 5.06. The molecule has 152 valence electrons. The van der Waals surface area contributed by atoms with Crippen LogP contribution < -0.4 is 11.1 Å². The highest BCUT2D eigenvalue weighted by Crippen LogP contribution is 2.31. The number of thioether (sulfide) groups is 1. The smallest absolute Gasteiger partial charge is 0.278 e. The van der Waals surface area contributed by atoms with E-state index in [1.54, 1.807) is 12.1 Å². The number of nitrogens with zero attached hydrogens (tertiary/aromatic N) is 5. The molecule has 7 nitrogen and oxygen atoms in total. The van der Waals surface area contributed by atoms with Crippen molar-refractivity contribution < 1.29 is 0 Å². The lowest BCUT2D eigenvalue weighted by Gasteiger charge is -2.26. The first kappa shape index (κ1) is 19.0. The van der Waals surface area contributed by atoms with E-state index >= 15 is 0 Å². The molecule has 0 amide bonds. The third kappa shape index (κ3) is 3.41. The zero-order chi connectivity index (χ0) is 20.5. The third-order valence-corrected chi connectivity index (χ3v) is 6.58. The average Bonchev–Trinajstić information content (AvgIpc) is 2.79. The van der Waals surface area contributed by atoms with Crippen molar-refractivity contribution in [3.63, 3.8) is 0 Å². The van der Waals surface area contributed by atoms with E-state index in [1.165, 1.54) is 22.9 Å². The monoisotopic (exact) mass is 419 g/mol. The van der Waals surface area contributed by atoms with Crippen molar-refractivity contribution in [1.29, 1.82) is 0 Å². The quantitative estimate of drug-likeness (QED) is 0.370. The zero-order valence-electron chi connectivity index (χ0n) is 16.4. The molecule has 0 aliphatic heterocycles. The second-order valence-corrected chi connectivity index (χ2v) is 8.48. The molecule has 0 bridgehead atoms. The van der Waals surface area contributed by atoms with Gasteiger partial charge in [0.2, 0.25) is 0 Å². The van der Waals surface area contributed by atoms with Gasteiger partial charge in [0.1, 0.15) is 5.52 Å². The molecule has 0 atom stereocenters. The topological polar surface area (TPSA) is 82.7 Å². The van der Waals surface area contributed by atoms with Crippen LogP contribution >= 0.6 is 11.8 Å². The van der Waals surface area contributed by atoms with Crippen molar-refractivity contribution in [3.8, 4) is 0 Å². The minimum atomic E-state index is -0.194. The number of para-hydroxylation sites is 1. The number of benzene rings is 2. The fraction of sp³-hybridized carbons (Fsp3) is 0.318. The fourth-order valence-electron chi connectivity index (χ4n) is 4.12. The van der Waals surface area contributed by atoms with Gasteiger partial charge in [-0.1, -0.05) is 60.5 Å². The summed E-state index contributed by atoms with van der Waals surface area (Å²) in [7, 11) is 0. The molecule has 0 N–H and O–H groups in total. The van der Waals surface area contributed by atoms with E-state index in [0.717, 1.165) is 25.7 Å². The van der Waals surface area contributed by atoms with E-state index in [4.69, 9.17) is 4.98 Å². The number of rotatable bonds is 4. The van der Waals surface area contributed by atoms with Crippen LogP contribution in [0.3, 0.4) is 0 Å². The Balaban J connectivity index is 1.56. The summed E-state index contributed by atoms with van der Waals surface area (Å²) >= 11 is 1.36. The Morgan fingerprint density at radius 2 is 1.53 bits per heavy atom. The van der Waals surface area contributed by atoms with E-state index in [-0.39, 0.29) is 23.0 Å². The van der Waals surface area contributed by atoms with Crippen LogP contribution in [0.1, 0.15) is 38.1 Å². The minimum Gasteiger partial charge on any atom is -0.284 e. The van der Waals surface area contributed by atoms with E-state index < -0.39 is 0 Å². The highest BCUT2D eigenvalue weighted by atomic mass is 32.2. The molecule has 2 aromatic carbocycles. The van der Waals surface area contributed by atoms with Crippen LogP contribution in [-0.4, -0.2) is 24.5 Å². The largest absolute Gasteiger partial charge is 0.284 e. The van der Waals surface area contributed by atoms with Crippen molar-refractivity contribution in [2.45, 2.75) is 49.2 Å². The maximum Gasteiger partial charge on any atom is 0.278 e. The number of hydrogen-bond donors (Lipinski definition) is 0. The van der Waals surface area contributed by atoms with Crippen LogP contribution in [0.15, 0.2) is 63.3 Å². The van der Waals surface area contributed by atoms with Gasteiger partial charge in [0.25, 0.3) is 11.1 Å². The van der Waals surface area contributed by atoms with Crippen molar-refractivity contribution in [1.82, 2.24) is 24.5 Å². The van der Waals surface area contributed by atoms with Gasteiger partial charge in [-0.3, -0.25) is 14.2 Å². The molecule has 5 rings (SSSR count). The second kappa shape index (κ2) is 8.02. The molecule has 2 aromatic heterocycles. The molecule has 4 aromatic rings. The van der Waals surface area contributed by atoms with Gasteiger partial charge >= 0.3 is 0 Å². The maximum absolute atomic E-state index is 13.3. The van der Waals surface area contributed by atoms with Crippen LogP contribution in [0.5, 0.6) is 0 Å². The lowest BCUT2D eigenvalue weighted by atomic mass is 9.95. The minimum absolute atomic E-state index is 0.00746. The number of hydrogen-bond acceptors (Lipinski definition) is 6. The molecule has 30 heavy (non-hydrogen) atoms. The SMILES string of the molecule is O=c1c2ccccc2nnn1CSc1nc2ccccc2c(=O)n1C1CCCCC1. The van der Waals surface area contributed by atoms with Crippen molar-refractivity contribution in [2.75, 3.05) is 0 Å². The van der Waals surface area contributed by atoms with Crippen molar-refractivity contribution >= 4 is 33.6 Å².